The van der Waals surface area contributed by atoms with Crippen LogP contribution < -0.4 is 0 Å². The van der Waals surface area contributed by atoms with Crippen molar-refractivity contribution in [1.29, 1.82) is 0 Å². The molecule has 0 bridgehead atoms. The molecular weight excluding hydrogens is 446 g/mol. The highest BCUT2D eigenvalue weighted by Gasteiger charge is 2.16. The van der Waals surface area contributed by atoms with E-state index in [1.54, 1.807) is 6.07 Å². The average molecular weight is 477 g/mol. The van der Waals surface area contributed by atoms with Crippen LogP contribution in [0.25, 0.3) is 0 Å². The van der Waals surface area contributed by atoms with Gasteiger partial charge in [0.15, 0.2) is 0 Å². The summed E-state index contributed by atoms with van der Waals surface area (Å²) in [5.41, 5.74) is 5.05. The number of aromatic nitrogens is 2. The molecule has 170 valence electrons. The highest BCUT2D eigenvalue weighted by Crippen LogP contribution is 2.27. The molecule has 0 aliphatic carbocycles. The molecule has 33 heavy (non-hydrogen) atoms. The minimum atomic E-state index is 0.0784. The summed E-state index contributed by atoms with van der Waals surface area (Å²) in [5, 5.41) is 1.33. The van der Waals surface area contributed by atoms with E-state index >= 15 is 0 Å². The van der Waals surface area contributed by atoms with E-state index in [0.29, 0.717) is 22.4 Å². The maximum atomic E-state index is 6.15. The number of benzene rings is 3. The molecule has 0 saturated carbocycles. The van der Waals surface area contributed by atoms with E-state index in [9.17, 15) is 0 Å². The van der Waals surface area contributed by atoms with Crippen LogP contribution in [0.4, 0.5) is 0 Å². The third-order valence-corrected chi connectivity index (χ3v) is 6.21. The van der Waals surface area contributed by atoms with Crippen molar-refractivity contribution >= 4 is 31.0 Å². The van der Waals surface area contributed by atoms with Crippen LogP contribution in [0.5, 0.6) is 0 Å². The molecule has 0 fully saturated rings. The fourth-order valence-electron chi connectivity index (χ4n) is 3.71. The van der Waals surface area contributed by atoms with Crippen molar-refractivity contribution in [3.63, 3.8) is 0 Å². The van der Waals surface area contributed by atoms with Crippen LogP contribution in [0.2, 0.25) is 16.4 Å². The molecule has 0 aliphatic heterocycles. The number of aromatic amines is 1. The van der Waals surface area contributed by atoms with E-state index in [1.807, 2.05) is 18.3 Å². The van der Waals surface area contributed by atoms with Crippen LogP contribution in [-0.2, 0) is 11.8 Å². The van der Waals surface area contributed by atoms with Gasteiger partial charge in [-0.15, -0.1) is 0 Å². The lowest BCUT2D eigenvalue weighted by atomic mass is 9.81. The summed E-state index contributed by atoms with van der Waals surface area (Å²) in [7, 11) is 2.24. The number of imidazole rings is 1. The second-order valence-electron chi connectivity index (χ2n) is 9.19. The van der Waals surface area contributed by atoms with E-state index in [-0.39, 0.29) is 5.41 Å². The minimum absolute atomic E-state index is 0.0784. The standard InChI is InChI=1S/C14H15B.C14H16Cl2N2/c15-11-14(12-7-3-1-4-8-12)13-9-5-2-6-10-13;1-14(2,3)12-8-17-13(18-12)6-9-4-5-10(15)7-11(9)16/h1-10,14H,11,15H2;4-5,7-8H,6H2,1-3H3,(H,17,18). The van der Waals surface area contributed by atoms with Gasteiger partial charge in [-0.3, -0.25) is 0 Å². The van der Waals surface area contributed by atoms with Gasteiger partial charge in [0.2, 0.25) is 0 Å². The Hall–Kier alpha value is -2.49. The predicted molar refractivity (Wildman–Crippen MR) is 145 cm³/mol. The number of hydrogen-bond donors (Lipinski definition) is 1. The van der Waals surface area contributed by atoms with Gasteiger partial charge in [-0.1, -0.05) is 117 Å². The van der Waals surface area contributed by atoms with Gasteiger partial charge in [-0.05, 0) is 28.8 Å². The van der Waals surface area contributed by atoms with Crippen molar-refractivity contribution in [2.75, 3.05) is 0 Å². The Morgan fingerprint density at radius 3 is 1.91 bits per heavy atom. The molecule has 1 N–H and O–H groups in total. The molecule has 0 aliphatic rings. The van der Waals surface area contributed by atoms with Crippen molar-refractivity contribution in [1.82, 2.24) is 9.97 Å². The molecule has 0 saturated heterocycles. The Morgan fingerprint density at radius 2 is 1.45 bits per heavy atom. The van der Waals surface area contributed by atoms with Gasteiger partial charge in [0.25, 0.3) is 0 Å². The molecule has 0 unspecified atom stereocenters. The number of halogens is 2. The maximum absolute atomic E-state index is 6.15. The van der Waals surface area contributed by atoms with Gasteiger partial charge >= 0.3 is 0 Å². The number of H-pyrrole nitrogens is 1. The first-order chi connectivity index (χ1) is 15.8. The van der Waals surface area contributed by atoms with Crippen molar-refractivity contribution in [2.24, 2.45) is 0 Å². The third kappa shape index (κ3) is 7.25. The number of nitrogens with zero attached hydrogens (tertiary/aromatic N) is 1. The van der Waals surface area contributed by atoms with Crippen LogP contribution in [-0.4, -0.2) is 17.8 Å². The van der Waals surface area contributed by atoms with Crippen LogP contribution >= 0.6 is 23.2 Å². The fraction of sp³-hybridized carbons (Fsp3) is 0.250. The number of nitrogens with one attached hydrogen (secondary N) is 1. The SMILES string of the molecule is BCC(c1ccccc1)c1ccccc1.CC(C)(C)c1cnc(Cc2ccc(Cl)cc2Cl)[nH]1. The van der Waals surface area contributed by atoms with Crippen molar-refractivity contribution in [3.8, 4) is 0 Å². The lowest BCUT2D eigenvalue weighted by molar-refractivity contribution is 0.571. The lowest BCUT2D eigenvalue weighted by Gasteiger charge is -2.15. The molecule has 0 amide bonds. The second-order valence-corrected chi connectivity index (χ2v) is 10.0. The summed E-state index contributed by atoms with van der Waals surface area (Å²) in [6.45, 7) is 6.46. The predicted octanol–water partition coefficient (Wildman–Crippen LogP) is 7.47. The molecule has 1 heterocycles. The molecule has 3 aromatic carbocycles. The maximum Gasteiger partial charge on any atom is 0.110 e. The Labute approximate surface area is 208 Å². The fourth-order valence-corrected chi connectivity index (χ4v) is 4.19. The Bertz CT molecular complexity index is 1100. The molecule has 4 aromatic rings. The van der Waals surface area contributed by atoms with Crippen LogP contribution in [0.3, 0.4) is 0 Å². The normalized spacial score (nSPS) is 11.2. The van der Waals surface area contributed by atoms with E-state index in [2.05, 4.69) is 99.2 Å². The molecule has 0 atom stereocenters. The zero-order valence-corrected chi connectivity index (χ0v) is 21.3. The van der Waals surface area contributed by atoms with Crippen LogP contribution in [0.1, 0.15) is 54.9 Å². The first kappa shape index (κ1) is 25.1. The summed E-state index contributed by atoms with van der Waals surface area (Å²) in [6.07, 6.45) is 3.72. The highest BCUT2D eigenvalue weighted by molar-refractivity contribution is 6.35. The monoisotopic (exact) mass is 476 g/mol. The Morgan fingerprint density at radius 1 is 0.879 bits per heavy atom. The van der Waals surface area contributed by atoms with Gasteiger partial charge in [0.1, 0.15) is 13.7 Å². The zero-order chi connectivity index (χ0) is 23.8. The Balaban J connectivity index is 0.000000189. The van der Waals surface area contributed by atoms with Gasteiger partial charge in [0, 0.05) is 39.7 Å². The van der Waals surface area contributed by atoms with E-state index in [4.69, 9.17) is 23.2 Å². The van der Waals surface area contributed by atoms with Gasteiger partial charge in [-0.25, -0.2) is 4.98 Å². The molecule has 5 heteroatoms. The largest absolute Gasteiger partial charge is 0.345 e. The van der Waals surface area contributed by atoms with Gasteiger partial charge in [-0.2, -0.15) is 0 Å². The second kappa shape index (κ2) is 11.6. The molecule has 4 rings (SSSR count). The van der Waals surface area contributed by atoms with Crippen LogP contribution in [0.15, 0.2) is 85.1 Å². The summed E-state index contributed by atoms with van der Waals surface area (Å²) >= 11 is 12.0. The average Bonchev–Trinajstić information content (AvgIpc) is 3.28. The quantitative estimate of drug-likeness (QED) is 0.297. The van der Waals surface area contributed by atoms with E-state index in [0.717, 1.165) is 23.4 Å². The lowest BCUT2D eigenvalue weighted by Crippen LogP contribution is -2.11. The minimum Gasteiger partial charge on any atom is -0.345 e. The highest BCUT2D eigenvalue weighted by atomic mass is 35.5. The number of hydrogen-bond acceptors (Lipinski definition) is 1. The topological polar surface area (TPSA) is 28.7 Å². The van der Waals surface area contributed by atoms with Crippen molar-refractivity contribution in [2.45, 2.75) is 44.8 Å². The summed E-state index contributed by atoms with van der Waals surface area (Å²) in [6, 6.07) is 27.0. The van der Waals surface area contributed by atoms with Crippen LogP contribution in [0, 0.1) is 0 Å². The van der Waals surface area contributed by atoms with Gasteiger partial charge in [0.05, 0.1) is 0 Å². The third-order valence-electron chi connectivity index (χ3n) is 5.62. The molecule has 2 nitrogen and oxygen atoms in total. The summed E-state index contributed by atoms with van der Waals surface area (Å²) < 4.78 is 0. The van der Waals surface area contributed by atoms with Crippen molar-refractivity contribution in [3.05, 3.63) is 123 Å². The van der Waals surface area contributed by atoms with E-state index in [1.165, 1.54) is 11.1 Å². The number of rotatable bonds is 5. The molecule has 0 spiro atoms. The molecule has 1 aromatic heterocycles. The smallest absolute Gasteiger partial charge is 0.110 e. The Kier molecular flexibility index (Phi) is 8.83. The first-order valence-corrected chi connectivity index (χ1v) is 12.1. The van der Waals surface area contributed by atoms with Crippen molar-refractivity contribution < 1.29 is 0 Å². The van der Waals surface area contributed by atoms with Gasteiger partial charge < -0.3 is 4.98 Å². The summed E-state index contributed by atoms with van der Waals surface area (Å²) in [4.78, 5) is 7.73. The molecule has 0 radical (unpaired) electrons. The zero-order valence-electron chi connectivity index (χ0n) is 19.8. The van der Waals surface area contributed by atoms with E-state index < -0.39 is 0 Å². The summed E-state index contributed by atoms with van der Waals surface area (Å²) in [5.74, 6) is 1.46. The molecular formula is C28H31BCl2N2. The first-order valence-electron chi connectivity index (χ1n) is 11.4.